The molecule has 0 amide bonds. The predicted molar refractivity (Wildman–Crippen MR) is 71.4 cm³/mol. The molecule has 0 spiro atoms. The third kappa shape index (κ3) is 2.81. The first-order valence-corrected chi connectivity index (χ1v) is 7.33. The first-order valence-electron chi connectivity index (χ1n) is 7.33. The Bertz CT molecular complexity index is 620. The van der Waals surface area contributed by atoms with Crippen LogP contribution in [0.15, 0.2) is 4.52 Å². The Balaban J connectivity index is 1.40. The topological polar surface area (TPSA) is 93.0 Å². The van der Waals surface area contributed by atoms with Crippen LogP contribution in [-0.4, -0.2) is 49.9 Å². The lowest BCUT2D eigenvalue weighted by Crippen LogP contribution is -2.38. The summed E-state index contributed by atoms with van der Waals surface area (Å²) in [6.07, 6.45) is 2.25. The first kappa shape index (κ1) is 12.9. The number of H-pyrrole nitrogens is 1. The van der Waals surface area contributed by atoms with Gasteiger partial charge in [-0.1, -0.05) is 5.16 Å². The number of hydrogen-bond donors (Lipinski definition) is 1. The largest absolute Gasteiger partial charge is 0.367 e. The second-order valence-corrected chi connectivity index (χ2v) is 5.70. The van der Waals surface area contributed by atoms with Gasteiger partial charge in [-0.05, 0) is 19.8 Å². The molecule has 1 unspecified atom stereocenters. The van der Waals surface area contributed by atoms with Gasteiger partial charge in [0.2, 0.25) is 5.89 Å². The van der Waals surface area contributed by atoms with Gasteiger partial charge in [-0.25, -0.2) is 4.98 Å². The number of ether oxygens (including phenoxy) is 1. The minimum atomic E-state index is -0.0986. The van der Waals surface area contributed by atoms with Gasteiger partial charge >= 0.3 is 0 Å². The molecule has 8 heteroatoms. The Morgan fingerprint density at radius 3 is 3.00 bits per heavy atom. The van der Waals surface area contributed by atoms with Crippen LogP contribution in [0, 0.1) is 6.92 Å². The van der Waals surface area contributed by atoms with Crippen LogP contribution in [-0.2, 0) is 11.3 Å². The van der Waals surface area contributed by atoms with E-state index in [1.807, 2.05) is 6.92 Å². The summed E-state index contributed by atoms with van der Waals surface area (Å²) in [5.41, 5.74) is 0. The van der Waals surface area contributed by atoms with E-state index in [-0.39, 0.29) is 6.10 Å². The molecule has 8 nitrogen and oxygen atoms in total. The van der Waals surface area contributed by atoms with Gasteiger partial charge in [-0.3, -0.25) is 10.00 Å². The van der Waals surface area contributed by atoms with Crippen LogP contribution in [0.2, 0.25) is 0 Å². The number of aryl methyl sites for hydroxylation is 1. The summed E-state index contributed by atoms with van der Waals surface area (Å²) >= 11 is 0. The van der Waals surface area contributed by atoms with Crippen molar-refractivity contribution in [1.82, 2.24) is 30.2 Å². The number of hydrogen-bond acceptors (Lipinski definition) is 7. The number of aromatic amines is 1. The lowest BCUT2D eigenvalue weighted by molar-refractivity contribution is -0.0379. The Morgan fingerprint density at radius 2 is 2.24 bits per heavy atom. The molecule has 21 heavy (non-hydrogen) atoms. The van der Waals surface area contributed by atoms with Crippen molar-refractivity contribution in [3.8, 4) is 0 Å². The molecule has 2 aliphatic rings. The third-order valence-electron chi connectivity index (χ3n) is 3.83. The highest BCUT2D eigenvalue weighted by atomic mass is 16.5. The van der Waals surface area contributed by atoms with Crippen LogP contribution < -0.4 is 0 Å². The average Bonchev–Trinajstić information content (AvgIpc) is 3.09. The van der Waals surface area contributed by atoms with Crippen molar-refractivity contribution < 1.29 is 9.26 Å². The lowest BCUT2D eigenvalue weighted by Gasteiger charge is -2.30. The SMILES string of the molecule is Cc1nc(C2CN(Cc3noc(C4CC4)n3)CCO2)n[nH]1. The van der Waals surface area contributed by atoms with Crippen molar-refractivity contribution in [2.24, 2.45) is 0 Å². The number of aromatic nitrogens is 5. The van der Waals surface area contributed by atoms with Gasteiger partial charge in [0, 0.05) is 19.0 Å². The van der Waals surface area contributed by atoms with Crippen LogP contribution in [0.1, 0.15) is 48.2 Å². The summed E-state index contributed by atoms with van der Waals surface area (Å²) in [6, 6.07) is 0. The van der Waals surface area contributed by atoms with Crippen molar-refractivity contribution in [1.29, 1.82) is 0 Å². The van der Waals surface area contributed by atoms with Crippen LogP contribution in [0.25, 0.3) is 0 Å². The molecule has 0 aromatic carbocycles. The van der Waals surface area contributed by atoms with Crippen molar-refractivity contribution in [3.05, 3.63) is 23.4 Å². The van der Waals surface area contributed by atoms with Crippen LogP contribution in [0.5, 0.6) is 0 Å². The Labute approximate surface area is 121 Å². The Kier molecular flexibility index (Phi) is 3.19. The van der Waals surface area contributed by atoms with E-state index < -0.39 is 0 Å². The molecule has 1 saturated carbocycles. The highest BCUT2D eigenvalue weighted by Gasteiger charge is 2.30. The van der Waals surface area contributed by atoms with E-state index in [0.717, 1.165) is 30.6 Å². The zero-order chi connectivity index (χ0) is 14.2. The number of morpholine rings is 1. The minimum absolute atomic E-state index is 0.0986. The van der Waals surface area contributed by atoms with Gasteiger partial charge < -0.3 is 9.26 Å². The molecule has 1 saturated heterocycles. The molecule has 2 aromatic heterocycles. The normalized spacial score (nSPS) is 23.6. The summed E-state index contributed by atoms with van der Waals surface area (Å²) in [4.78, 5) is 11.1. The summed E-state index contributed by atoms with van der Waals surface area (Å²) in [5.74, 6) is 3.56. The van der Waals surface area contributed by atoms with Crippen LogP contribution >= 0.6 is 0 Å². The van der Waals surface area contributed by atoms with Crippen LogP contribution in [0.3, 0.4) is 0 Å². The molecule has 1 atom stereocenters. The standard InChI is InChI=1S/C13H18N6O2/c1-8-14-12(17-16-8)10-6-19(4-5-20-10)7-11-15-13(21-18-11)9-2-3-9/h9-10H,2-7H2,1H3,(H,14,16,17). The molecular formula is C13H18N6O2. The molecule has 0 bridgehead atoms. The molecule has 112 valence electrons. The van der Waals surface area contributed by atoms with Crippen LogP contribution in [0.4, 0.5) is 0 Å². The Hall–Kier alpha value is -1.80. The fourth-order valence-corrected chi connectivity index (χ4v) is 2.53. The van der Waals surface area contributed by atoms with Gasteiger partial charge in [0.1, 0.15) is 11.9 Å². The summed E-state index contributed by atoms with van der Waals surface area (Å²) in [5, 5.41) is 11.1. The maximum Gasteiger partial charge on any atom is 0.229 e. The smallest absolute Gasteiger partial charge is 0.229 e. The highest BCUT2D eigenvalue weighted by Crippen LogP contribution is 2.38. The second-order valence-electron chi connectivity index (χ2n) is 5.70. The predicted octanol–water partition coefficient (Wildman–Crippen LogP) is 0.947. The number of rotatable bonds is 4. The fourth-order valence-electron chi connectivity index (χ4n) is 2.53. The second kappa shape index (κ2) is 5.19. The lowest BCUT2D eigenvalue weighted by atomic mass is 10.2. The van der Waals surface area contributed by atoms with E-state index in [1.54, 1.807) is 0 Å². The van der Waals surface area contributed by atoms with Gasteiger partial charge in [-0.2, -0.15) is 10.1 Å². The van der Waals surface area contributed by atoms with Crippen molar-refractivity contribution in [3.63, 3.8) is 0 Å². The van der Waals surface area contributed by atoms with Gasteiger partial charge in [0.05, 0.1) is 13.2 Å². The van der Waals surface area contributed by atoms with E-state index in [1.165, 1.54) is 12.8 Å². The first-order chi connectivity index (χ1) is 10.3. The van der Waals surface area contributed by atoms with Crippen molar-refractivity contribution >= 4 is 0 Å². The van der Waals surface area contributed by atoms with Gasteiger partial charge in [0.25, 0.3) is 0 Å². The van der Waals surface area contributed by atoms with Crippen molar-refractivity contribution in [2.45, 2.75) is 38.3 Å². The molecule has 4 rings (SSSR count). The fraction of sp³-hybridized carbons (Fsp3) is 0.692. The molecular weight excluding hydrogens is 272 g/mol. The Morgan fingerprint density at radius 1 is 1.33 bits per heavy atom. The van der Waals surface area contributed by atoms with Gasteiger partial charge in [-0.15, -0.1) is 0 Å². The van der Waals surface area contributed by atoms with Gasteiger partial charge in [0.15, 0.2) is 11.6 Å². The average molecular weight is 290 g/mol. The quantitative estimate of drug-likeness (QED) is 0.895. The highest BCUT2D eigenvalue weighted by molar-refractivity contribution is 5.02. The molecule has 0 radical (unpaired) electrons. The molecule has 2 fully saturated rings. The van der Waals surface area contributed by atoms with E-state index in [2.05, 4.69) is 30.2 Å². The molecule has 2 aromatic rings. The maximum absolute atomic E-state index is 5.75. The molecule has 1 aliphatic heterocycles. The number of nitrogens with one attached hydrogen (secondary N) is 1. The van der Waals surface area contributed by atoms with Crippen molar-refractivity contribution in [2.75, 3.05) is 19.7 Å². The summed E-state index contributed by atoms with van der Waals surface area (Å²) in [7, 11) is 0. The van der Waals surface area contributed by atoms with E-state index in [9.17, 15) is 0 Å². The molecule has 1 N–H and O–H groups in total. The van der Waals surface area contributed by atoms with E-state index in [4.69, 9.17) is 9.26 Å². The monoisotopic (exact) mass is 290 g/mol. The summed E-state index contributed by atoms with van der Waals surface area (Å²) in [6.45, 7) is 4.82. The van der Waals surface area contributed by atoms with E-state index >= 15 is 0 Å². The number of nitrogens with zero attached hydrogens (tertiary/aromatic N) is 5. The summed E-state index contributed by atoms with van der Waals surface area (Å²) < 4.78 is 11.0. The molecule has 1 aliphatic carbocycles. The zero-order valence-corrected chi connectivity index (χ0v) is 11.9. The third-order valence-corrected chi connectivity index (χ3v) is 3.83. The van der Waals surface area contributed by atoms with E-state index in [0.29, 0.717) is 24.9 Å². The molecule has 3 heterocycles. The zero-order valence-electron chi connectivity index (χ0n) is 11.9. The maximum atomic E-state index is 5.75. The minimum Gasteiger partial charge on any atom is -0.367 e.